The predicted molar refractivity (Wildman–Crippen MR) is 91.1 cm³/mol. The first-order chi connectivity index (χ1) is 11.5. The van der Waals surface area contributed by atoms with E-state index in [0.29, 0.717) is 23.2 Å². The topological polar surface area (TPSA) is 62.5 Å². The second-order valence-electron chi connectivity index (χ2n) is 7.30. The number of aryl methyl sites for hydroxylation is 1. The van der Waals surface area contributed by atoms with Crippen LogP contribution < -0.4 is 0 Å². The van der Waals surface area contributed by atoms with E-state index in [9.17, 15) is 4.79 Å². The van der Waals surface area contributed by atoms with Crippen LogP contribution in [0.3, 0.4) is 0 Å². The van der Waals surface area contributed by atoms with E-state index in [-0.39, 0.29) is 5.91 Å². The van der Waals surface area contributed by atoms with Gasteiger partial charge in [0.1, 0.15) is 0 Å². The molecule has 2 aromatic rings. The number of piperidine rings is 1. The molecule has 2 fully saturated rings. The minimum absolute atomic E-state index is 0.0906. The molecule has 0 N–H and O–H groups in total. The first-order valence-electron chi connectivity index (χ1n) is 8.77. The van der Waals surface area contributed by atoms with Gasteiger partial charge in [-0.25, -0.2) is 4.98 Å². The number of nitrogens with zero attached hydrogens (tertiary/aromatic N) is 4. The molecule has 2 aliphatic rings. The number of pyridine rings is 1. The van der Waals surface area contributed by atoms with E-state index in [1.807, 2.05) is 17.9 Å². The first-order valence-corrected chi connectivity index (χ1v) is 8.77. The zero-order valence-corrected chi connectivity index (χ0v) is 14.6. The lowest BCUT2D eigenvalue weighted by Gasteiger charge is -2.35. The Kier molecular flexibility index (Phi) is 3.79. The minimum Gasteiger partial charge on any atom is -0.339 e. The van der Waals surface area contributed by atoms with Gasteiger partial charge in [-0.3, -0.25) is 4.79 Å². The molecular formula is C18H24N4O2. The fourth-order valence-electron chi connectivity index (χ4n) is 3.63. The molecule has 4 rings (SSSR count). The van der Waals surface area contributed by atoms with Crippen molar-refractivity contribution in [1.29, 1.82) is 0 Å². The number of aromatic nitrogens is 2. The van der Waals surface area contributed by atoms with Crippen LogP contribution in [0.5, 0.6) is 0 Å². The zero-order chi connectivity index (χ0) is 16.8. The quantitative estimate of drug-likeness (QED) is 0.866. The molecule has 1 aliphatic carbocycles. The predicted octanol–water partition coefficient (Wildman–Crippen LogP) is 2.57. The summed E-state index contributed by atoms with van der Waals surface area (Å²) in [4.78, 5) is 21.9. The monoisotopic (exact) mass is 328 g/mol. The van der Waals surface area contributed by atoms with Gasteiger partial charge in [0.25, 0.3) is 11.6 Å². The SMILES string of the molecule is Cc1noc2nc(C3CC3)cc(C(=O)N3CCC(N(C)C)CC3)c12. The second-order valence-corrected chi connectivity index (χ2v) is 7.30. The molecule has 0 spiro atoms. The van der Waals surface area contributed by atoms with Crippen LogP contribution in [0.15, 0.2) is 10.6 Å². The van der Waals surface area contributed by atoms with Gasteiger partial charge >= 0.3 is 0 Å². The van der Waals surface area contributed by atoms with Gasteiger partial charge < -0.3 is 14.3 Å². The van der Waals surface area contributed by atoms with Gasteiger partial charge in [-0.15, -0.1) is 0 Å². The van der Waals surface area contributed by atoms with Crippen molar-refractivity contribution in [3.63, 3.8) is 0 Å². The highest BCUT2D eigenvalue weighted by Crippen LogP contribution is 2.40. The highest BCUT2D eigenvalue weighted by atomic mass is 16.5. The maximum atomic E-state index is 13.2. The summed E-state index contributed by atoms with van der Waals surface area (Å²) in [6, 6.07) is 2.54. The molecule has 24 heavy (non-hydrogen) atoms. The van der Waals surface area contributed by atoms with Gasteiger partial charge in [-0.2, -0.15) is 0 Å². The van der Waals surface area contributed by atoms with Crippen LogP contribution in [0.25, 0.3) is 11.1 Å². The van der Waals surface area contributed by atoms with Crippen molar-refractivity contribution in [2.24, 2.45) is 0 Å². The van der Waals surface area contributed by atoms with Crippen molar-refractivity contribution >= 4 is 17.0 Å². The molecule has 3 heterocycles. The Bertz CT molecular complexity index is 771. The molecule has 0 bridgehead atoms. The summed E-state index contributed by atoms with van der Waals surface area (Å²) in [5.41, 5.74) is 2.93. The van der Waals surface area contributed by atoms with E-state index in [1.165, 1.54) is 0 Å². The van der Waals surface area contributed by atoms with Crippen molar-refractivity contribution in [1.82, 2.24) is 19.9 Å². The number of carbonyl (C=O) groups excluding carboxylic acids is 1. The van der Waals surface area contributed by atoms with Crippen LogP contribution in [0.4, 0.5) is 0 Å². The van der Waals surface area contributed by atoms with Gasteiger partial charge in [-0.1, -0.05) is 5.16 Å². The molecule has 6 nitrogen and oxygen atoms in total. The molecule has 128 valence electrons. The summed E-state index contributed by atoms with van der Waals surface area (Å²) < 4.78 is 5.36. The number of carbonyl (C=O) groups is 1. The maximum absolute atomic E-state index is 13.2. The summed E-state index contributed by atoms with van der Waals surface area (Å²) in [5, 5.41) is 4.80. The van der Waals surface area contributed by atoms with Crippen LogP contribution in [0.2, 0.25) is 0 Å². The molecular weight excluding hydrogens is 304 g/mol. The number of fused-ring (bicyclic) bond motifs is 1. The van der Waals surface area contributed by atoms with Gasteiger partial charge in [0.2, 0.25) is 0 Å². The largest absolute Gasteiger partial charge is 0.339 e. The van der Waals surface area contributed by atoms with Crippen LogP contribution in [-0.2, 0) is 0 Å². The number of likely N-dealkylation sites (tertiary alicyclic amines) is 1. The molecule has 0 atom stereocenters. The van der Waals surface area contributed by atoms with E-state index < -0.39 is 0 Å². The smallest absolute Gasteiger partial charge is 0.259 e. The Morgan fingerprint density at radius 1 is 1.25 bits per heavy atom. The minimum atomic E-state index is 0.0906. The molecule has 1 saturated carbocycles. The third-order valence-corrected chi connectivity index (χ3v) is 5.34. The Morgan fingerprint density at radius 3 is 2.58 bits per heavy atom. The highest BCUT2D eigenvalue weighted by molar-refractivity contribution is 6.06. The van der Waals surface area contributed by atoms with E-state index in [1.54, 1.807) is 0 Å². The van der Waals surface area contributed by atoms with Crippen molar-refractivity contribution in [3.05, 3.63) is 23.0 Å². The number of hydrogen-bond donors (Lipinski definition) is 0. The third kappa shape index (κ3) is 2.69. The van der Waals surface area contributed by atoms with E-state index >= 15 is 0 Å². The Labute approximate surface area is 141 Å². The fourth-order valence-corrected chi connectivity index (χ4v) is 3.63. The van der Waals surface area contributed by atoms with Crippen molar-refractivity contribution in [2.75, 3.05) is 27.2 Å². The Balaban J connectivity index is 1.65. The van der Waals surface area contributed by atoms with E-state index in [0.717, 1.165) is 55.5 Å². The summed E-state index contributed by atoms with van der Waals surface area (Å²) in [6.45, 7) is 3.47. The summed E-state index contributed by atoms with van der Waals surface area (Å²) in [5.74, 6) is 0.568. The molecule has 0 unspecified atom stereocenters. The van der Waals surface area contributed by atoms with Gasteiger partial charge in [0, 0.05) is 30.7 Å². The summed E-state index contributed by atoms with van der Waals surface area (Å²) in [6.07, 6.45) is 4.33. The average Bonchev–Trinajstić information content (AvgIpc) is 3.37. The van der Waals surface area contributed by atoms with Gasteiger partial charge in [0.15, 0.2) is 0 Å². The van der Waals surface area contributed by atoms with Crippen LogP contribution in [0.1, 0.15) is 53.3 Å². The highest BCUT2D eigenvalue weighted by Gasteiger charge is 2.31. The van der Waals surface area contributed by atoms with Crippen LogP contribution >= 0.6 is 0 Å². The second kappa shape index (κ2) is 5.84. The number of amides is 1. The standard InChI is InChI=1S/C18H24N4O2/c1-11-16-14(10-15(12-4-5-12)19-17(16)24-20-11)18(23)22-8-6-13(7-9-22)21(2)3/h10,12-13H,4-9H2,1-3H3. The summed E-state index contributed by atoms with van der Waals surface area (Å²) in [7, 11) is 4.22. The van der Waals surface area contributed by atoms with Crippen molar-refractivity contribution < 1.29 is 9.32 Å². The Hall–Kier alpha value is -1.95. The third-order valence-electron chi connectivity index (χ3n) is 5.34. The lowest BCUT2D eigenvalue weighted by atomic mass is 10.0. The van der Waals surface area contributed by atoms with E-state index in [4.69, 9.17) is 4.52 Å². The lowest BCUT2D eigenvalue weighted by molar-refractivity contribution is 0.0665. The number of rotatable bonds is 3. The first kappa shape index (κ1) is 15.6. The molecule has 1 aliphatic heterocycles. The maximum Gasteiger partial charge on any atom is 0.259 e. The molecule has 6 heteroatoms. The Morgan fingerprint density at radius 2 is 1.96 bits per heavy atom. The average molecular weight is 328 g/mol. The summed E-state index contributed by atoms with van der Waals surface area (Å²) >= 11 is 0. The lowest BCUT2D eigenvalue weighted by Crippen LogP contribution is -2.44. The number of hydrogen-bond acceptors (Lipinski definition) is 5. The van der Waals surface area contributed by atoms with Crippen LogP contribution in [0, 0.1) is 6.92 Å². The molecule has 2 aromatic heterocycles. The van der Waals surface area contributed by atoms with Crippen molar-refractivity contribution in [3.8, 4) is 0 Å². The van der Waals surface area contributed by atoms with Gasteiger partial charge in [0.05, 0.1) is 16.6 Å². The fraction of sp³-hybridized carbons (Fsp3) is 0.611. The molecule has 0 aromatic carbocycles. The van der Waals surface area contributed by atoms with E-state index in [2.05, 4.69) is 29.1 Å². The van der Waals surface area contributed by atoms with Crippen molar-refractivity contribution in [2.45, 2.75) is 44.6 Å². The zero-order valence-electron chi connectivity index (χ0n) is 14.6. The normalized spacial score (nSPS) is 19.4. The van der Waals surface area contributed by atoms with Gasteiger partial charge in [-0.05, 0) is 52.8 Å². The molecule has 1 amide bonds. The molecule has 1 saturated heterocycles. The molecule has 0 radical (unpaired) electrons. The van der Waals surface area contributed by atoms with Crippen LogP contribution in [-0.4, -0.2) is 59.1 Å².